The number of carbonyl (C=O) groups excluding carboxylic acids is 2. The maximum Gasteiger partial charge on any atom is 0.227 e. The fourth-order valence-corrected chi connectivity index (χ4v) is 2.74. The first-order chi connectivity index (χ1) is 11.6. The smallest absolute Gasteiger partial charge is 0.227 e. The molecule has 0 spiro atoms. The Balaban J connectivity index is 1.50. The van der Waals surface area contributed by atoms with Crippen LogP contribution < -0.4 is 5.73 Å². The van der Waals surface area contributed by atoms with Crippen molar-refractivity contribution in [1.82, 2.24) is 20.0 Å². The first kappa shape index (κ1) is 16.1. The number of aromatic nitrogens is 3. The zero-order chi connectivity index (χ0) is 16.9. The van der Waals surface area contributed by atoms with Crippen molar-refractivity contribution >= 4 is 11.8 Å². The number of likely N-dealkylation sites (tertiary alicyclic amines) is 1. The summed E-state index contributed by atoms with van der Waals surface area (Å²) in [6.45, 7) is 1.13. The second-order valence-corrected chi connectivity index (χ2v) is 5.78. The van der Waals surface area contributed by atoms with E-state index in [9.17, 15) is 9.59 Å². The third kappa shape index (κ3) is 3.76. The molecular weight excluding hydrogens is 310 g/mol. The number of hydrogen-bond acceptors (Lipinski definition) is 6. The van der Waals surface area contributed by atoms with Crippen molar-refractivity contribution in [3.63, 3.8) is 0 Å². The highest BCUT2D eigenvalue weighted by atomic mass is 16.5. The molecule has 2 amide bonds. The molecule has 0 bridgehead atoms. The summed E-state index contributed by atoms with van der Waals surface area (Å²) in [4.78, 5) is 33.6. The van der Waals surface area contributed by atoms with Crippen molar-refractivity contribution in [3.05, 3.63) is 30.3 Å². The second kappa shape index (κ2) is 7.20. The number of pyridine rings is 1. The molecular formula is C16H19N5O3. The predicted octanol–water partition coefficient (Wildman–Crippen LogP) is 0.788. The summed E-state index contributed by atoms with van der Waals surface area (Å²) in [5.41, 5.74) is 5.93. The molecule has 0 unspecified atom stereocenters. The topological polar surface area (TPSA) is 115 Å². The average molecular weight is 329 g/mol. The molecule has 1 aliphatic rings. The summed E-state index contributed by atoms with van der Waals surface area (Å²) >= 11 is 0. The van der Waals surface area contributed by atoms with Crippen molar-refractivity contribution in [2.24, 2.45) is 11.7 Å². The van der Waals surface area contributed by atoms with Crippen molar-refractivity contribution in [3.8, 4) is 11.5 Å². The minimum absolute atomic E-state index is 0.0236. The normalized spacial score (nSPS) is 15.4. The van der Waals surface area contributed by atoms with E-state index in [1.54, 1.807) is 17.2 Å². The van der Waals surface area contributed by atoms with E-state index in [0.717, 1.165) is 0 Å². The molecule has 3 heterocycles. The third-order valence-electron chi connectivity index (χ3n) is 4.16. The van der Waals surface area contributed by atoms with Gasteiger partial charge >= 0.3 is 0 Å². The van der Waals surface area contributed by atoms with E-state index in [-0.39, 0.29) is 17.7 Å². The maximum absolute atomic E-state index is 12.2. The summed E-state index contributed by atoms with van der Waals surface area (Å²) < 4.78 is 5.17. The fourth-order valence-electron chi connectivity index (χ4n) is 2.74. The molecule has 0 aromatic carbocycles. The fraction of sp³-hybridized carbons (Fsp3) is 0.438. The van der Waals surface area contributed by atoms with E-state index in [0.29, 0.717) is 56.2 Å². The molecule has 1 saturated heterocycles. The number of primary amides is 1. The van der Waals surface area contributed by atoms with Gasteiger partial charge in [-0.15, -0.1) is 0 Å². The Morgan fingerprint density at radius 1 is 1.29 bits per heavy atom. The van der Waals surface area contributed by atoms with Crippen molar-refractivity contribution in [2.75, 3.05) is 13.1 Å². The largest absolute Gasteiger partial charge is 0.369 e. The molecule has 0 aliphatic carbocycles. The highest BCUT2D eigenvalue weighted by Crippen LogP contribution is 2.18. The summed E-state index contributed by atoms with van der Waals surface area (Å²) in [7, 11) is 0. The van der Waals surface area contributed by atoms with Gasteiger partial charge in [-0.25, -0.2) is 0 Å². The van der Waals surface area contributed by atoms with E-state index in [1.165, 1.54) is 0 Å². The van der Waals surface area contributed by atoms with Gasteiger partial charge in [0.1, 0.15) is 5.69 Å². The number of amides is 2. The molecule has 3 rings (SSSR count). The van der Waals surface area contributed by atoms with Crippen LogP contribution in [0.15, 0.2) is 28.9 Å². The number of carbonyl (C=O) groups is 2. The average Bonchev–Trinajstić information content (AvgIpc) is 3.09. The zero-order valence-electron chi connectivity index (χ0n) is 13.2. The lowest BCUT2D eigenvalue weighted by Gasteiger charge is -2.30. The molecule has 1 aliphatic heterocycles. The van der Waals surface area contributed by atoms with Gasteiger partial charge in [0.25, 0.3) is 0 Å². The highest BCUT2D eigenvalue weighted by molar-refractivity contribution is 5.78. The minimum atomic E-state index is -0.282. The summed E-state index contributed by atoms with van der Waals surface area (Å²) in [5.74, 6) is 0.452. The van der Waals surface area contributed by atoms with Crippen LogP contribution in [-0.4, -0.2) is 44.9 Å². The quantitative estimate of drug-likeness (QED) is 0.867. The van der Waals surface area contributed by atoms with E-state index in [1.807, 2.05) is 12.1 Å². The molecule has 0 saturated carbocycles. The Morgan fingerprint density at radius 3 is 2.75 bits per heavy atom. The molecule has 2 aromatic heterocycles. The molecule has 0 radical (unpaired) electrons. The number of aryl methyl sites for hydroxylation is 1. The Morgan fingerprint density at radius 2 is 2.08 bits per heavy atom. The Hall–Kier alpha value is -2.77. The van der Waals surface area contributed by atoms with Gasteiger partial charge in [0.05, 0.1) is 0 Å². The summed E-state index contributed by atoms with van der Waals surface area (Å²) in [6, 6.07) is 5.45. The number of hydrogen-bond donors (Lipinski definition) is 1. The van der Waals surface area contributed by atoms with Gasteiger partial charge in [0.15, 0.2) is 0 Å². The zero-order valence-corrected chi connectivity index (χ0v) is 13.2. The van der Waals surface area contributed by atoms with Crippen LogP contribution in [-0.2, 0) is 16.0 Å². The molecule has 126 valence electrons. The van der Waals surface area contributed by atoms with Crippen molar-refractivity contribution in [1.29, 1.82) is 0 Å². The van der Waals surface area contributed by atoms with Crippen LogP contribution in [0.3, 0.4) is 0 Å². The van der Waals surface area contributed by atoms with Gasteiger partial charge in [-0.3, -0.25) is 14.6 Å². The molecule has 24 heavy (non-hydrogen) atoms. The predicted molar refractivity (Wildman–Crippen MR) is 84.3 cm³/mol. The van der Waals surface area contributed by atoms with Crippen LogP contribution in [0.25, 0.3) is 11.5 Å². The number of piperidine rings is 1. The van der Waals surface area contributed by atoms with Crippen LogP contribution in [0.4, 0.5) is 0 Å². The SMILES string of the molecule is NC(=O)C1CCN(C(=O)CCc2nc(-c3ccccn3)no2)CC1. The number of nitrogens with two attached hydrogens (primary N) is 1. The minimum Gasteiger partial charge on any atom is -0.369 e. The summed E-state index contributed by atoms with van der Waals surface area (Å²) in [6.07, 6.45) is 3.60. The molecule has 2 aromatic rings. The third-order valence-corrected chi connectivity index (χ3v) is 4.16. The number of rotatable bonds is 5. The van der Waals surface area contributed by atoms with Crippen molar-refractivity contribution in [2.45, 2.75) is 25.7 Å². The van der Waals surface area contributed by atoms with Gasteiger partial charge in [0.2, 0.25) is 23.5 Å². The van der Waals surface area contributed by atoms with Gasteiger partial charge in [-0.1, -0.05) is 11.2 Å². The second-order valence-electron chi connectivity index (χ2n) is 5.78. The van der Waals surface area contributed by atoms with Gasteiger partial charge < -0.3 is 15.2 Å². The lowest BCUT2D eigenvalue weighted by molar-refractivity contribution is -0.134. The number of nitrogens with zero attached hydrogens (tertiary/aromatic N) is 4. The molecule has 8 nitrogen and oxygen atoms in total. The van der Waals surface area contributed by atoms with E-state index in [4.69, 9.17) is 10.3 Å². The molecule has 0 atom stereocenters. The lowest BCUT2D eigenvalue weighted by Crippen LogP contribution is -2.41. The summed E-state index contributed by atoms with van der Waals surface area (Å²) in [5, 5.41) is 3.88. The van der Waals surface area contributed by atoms with Crippen LogP contribution in [0.1, 0.15) is 25.2 Å². The molecule has 1 fully saturated rings. The first-order valence-electron chi connectivity index (χ1n) is 7.94. The Bertz CT molecular complexity index is 708. The van der Waals surface area contributed by atoms with Gasteiger partial charge in [-0.05, 0) is 25.0 Å². The van der Waals surface area contributed by atoms with E-state index >= 15 is 0 Å². The highest BCUT2D eigenvalue weighted by Gasteiger charge is 2.25. The standard InChI is InChI=1S/C16H19N5O3/c17-15(23)11-6-9-21(10-7-11)14(22)5-4-13-19-16(20-24-13)12-3-1-2-8-18-12/h1-3,8,11H,4-7,9-10H2,(H2,17,23). The van der Waals surface area contributed by atoms with E-state index < -0.39 is 0 Å². The van der Waals surface area contributed by atoms with Crippen LogP contribution in [0.2, 0.25) is 0 Å². The monoisotopic (exact) mass is 329 g/mol. The van der Waals surface area contributed by atoms with E-state index in [2.05, 4.69) is 15.1 Å². The first-order valence-corrected chi connectivity index (χ1v) is 7.94. The Kier molecular flexibility index (Phi) is 4.83. The van der Waals surface area contributed by atoms with Gasteiger partial charge in [0, 0.05) is 38.0 Å². The molecule has 2 N–H and O–H groups in total. The Labute approximate surface area is 139 Å². The van der Waals surface area contributed by atoms with Crippen LogP contribution >= 0.6 is 0 Å². The van der Waals surface area contributed by atoms with Crippen LogP contribution in [0, 0.1) is 5.92 Å². The van der Waals surface area contributed by atoms with Crippen molar-refractivity contribution < 1.29 is 14.1 Å². The molecule has 8 heteroatoms. The maximum atomic E-state index is 12.2. The van der Waals surface area contributed by atoms with Gasteiger partial charge in [-0.2, -0.15) is 4.98 Å². The van der Waals surface area contributed by atoms with Crippen LogP contribution in [0.5, 0.6) is 0 Å². The lowest BCUT2D eigenvalue weighted by atomic mass is 9.96.